The highest BCUT2D eigenvalue weighted by molar-refractivity contribution is 7.89. The Kier molecular flexibility index (Phi) is 5.60. The molecule has 0 saturated carbocycles. The van der Waals surface area contributed by atoms with Crippen molar-refractivity contribution >= 4 is 10.0 Å². The lowest BCUT2D eigenvalue weighted by atomic mass is 10.1. The first-order valence-corrected chi connectivity index (χ1v) is 8.83. The van der Waals surface area contributed by atoms with Crippen molar-refractivity contribution in [3.05, 3.63) is 32.6 Å². The Morgan fingerprint density at radius 3 is 2.46 bits per heavy atom. The third-order valence-corrected chi connectivity index (χ3v) is 5.33. The van der Waals surface area contributed by atoms with Crippen LogP contribution < -0.4 is 16.0 Å². The predicted octanol–water partition coefficient (Wildman–Crippen LogP) is -1.68. The standard InChI is InChI=1S/C13H21N3O7S/c1-7-5-16(13(18)15-11(7)17)12-10(22-4)9(21-3)8(23-12)6-24(19,20)14-2/h5,8-10,12,14H,6H2,1-4H3,(H,15,17,18)/t8-,9-,10-,12-/m1/s1. The van der Waals surface area contributed by atoms with Gasteiger partial charge in [-0.2, -0.15) is 0 Å². The molecule has 0 bridgehead atoms. The van der Waals surface area contributed by atoms with E-state index in [1.165, 1.54) is 32.0 Å². The normalized spacial score (nSPS) is 27.5. The third-order valence-electron chi connectivity index (χ3n) is 3.94. The van der Waals surface area contributed by atoms with E-state index in [1.807, 2.05) is 0 Å². The fourth-order valence-electron chi connectivity index (χ4n) is 2.68. The molecule has 0 amide bonds. The summed E-state index contributed by atoms with van der Waals surface area (Å²) in [7, 11) is 0.548. The zero-order valence-corrected chi connectivity index (χ0v) is 14.6. The molecule has 1 aromatic rings. The molecule has 0 aliphatic carbocycles. The maximum atomic E-state index is 12.1. The van der Waals surface area contributed by atoms with E-state index in [0.717, 1.165) is 0 Å². The summed E-state index contributed by atoms with van der Waals surface area (Å²) in [5, 5.41) is 0. The van der Waals surface area contributed by atoms with Gasteiger partial charge in [0, 0.05) is 26.0 Å². The minimum atomic E-state index is -3.56. The molecule has 1 saturated heterocycles. The maximum absolute atomic E-state index is 12.1. The van der Waals surface area contributed by atoms with Crippen molar-refractivity contribution in [1.29, 1.82) is 0 Å². The van der Waals surface area contributed by atoms with Crippen LogP contribution in [-0.2, 0) is 24.2 Å². The van der Waals surface area contributed by atoms with Crippen molar-refractivity contribution in [2.75, 3.05) is 27.0 Å². The van der Waals surface area contributed by atoms with Gasteiger partial charge < -0.3 is 14.2 Å². The summed E-state index contributed by atoms with van der Waals surface area (Å²) in [6, 6.07) is 0. The Hall–Kier alpha value is -1.53. The van der Waals surface area contributed by atoms with E-state index >= 15 is 0 Å². The van der Waals surface area contributed by atoms with Crippen LogP contribution in [0, 0.1) is 6.92 Å². The average molecular weight is 363 g/mol. The number of nitrogens with zero attached hydrogens (tertiary/aromatic N) is 1. The number of sulfonamides is 1. The van der Waals surface area contributed by atoms with Crippen LogP contribution in [-0.4, -0.2) is 63.3 Å². The summed E-state index contributed by atoms with van der Waals surface area (Å²) >= 11 is 0. The highest BCUT2D eigenvalue weighted by atomic mass is 32.2. The fourth-order valence-corrected chi connectivity index (χ4v) is 3.54. The van der Waals surface area contributed by atoms with Crippen LogP contribution >= 0.6 is 0 Å². The second-order valence-corrected chi connectivity index (χ2v) is 7.40. The number of hydrogen-bond donors (Lipinski definition) is 2. The number of rotatable bonds is 6. The molecule has 11 heteroatoms. The van der Waals surface area contributed by atoms with Crippen molar-refractivity contribution in [1.82, 2.24) is 14.3 Å². The Bertz CT molecular complexity index is 801. The lowest BCUT2D eigenvalue weighted by Gasteiger charge is -2.22. The van der Waals surface area contributed by atoms with Crippen molar-refractivity contribution in [2.45, 2.75) is 31.5 Å². The minimum absolute atomic E-state index is 0.313. The first-order valence-electron chi connectivity index (χ1n) is 7.18. The highest BCUT2D eigenvalue weighted by Gasteiger charge is 2.48. The van der Waals surface area contributed by atoms with Gasteiger partial charge in [0.05, 0.1) is 5.75 Å². The van der Waals surface area contributed by atoms with Crippen LogP contribution in [0.15, 0.2) is 15.8 Å². The van der Waals surface area contributed by atoms with Crippen LogP contribution in [0.25, 0.3) is 0 Å². The van der Waals surface area contributed by atoms with Gasteiger partial charge in [0.2, 0.25) is 10.0 Å². The Morgan fingerprint density at radius 1 is 1.29 bits per heavy atom. The first kappa shape index (κ1) is 18.8. The third kappa shape index (κ3) is 3.59. The molecule has 0 aromatic carbocycles. The van der Waals surface area contributed by atoms with Gasteiger partial charge in [0.15, 0.2) is 6.23 Å². The van der Waals surface area contributed by atoms with E-state index in [2.05, 4.69) is 9.71 Å². The summed E-state index contributed by atoms with van der Waals surface area (Å²) < 4.78 is 43.5. The molecule has 2 heterocycles. The molecule has 0 spiro atoms. The summed E-state index contributed by atoms with van der Waals surface area (Å²) in [6.07, 6.45) is -1.86. The molecule has 2 N–H and O–H groups in total. The lowest BCUT2D eigenvalue weighted by Crippen LogP contribution is -2.41. The monoisotopic (exact) mass is 363 g/mol. The van der Waals surface area contributed by atoms with Gasteiger partial charge in [-0.3, -0.25) is 14.3 Å². The summed E-state index contributed by atoms with van der Waals surface area (Å²) in [4.78, 5) is 25.8. The van der Waals surface area contributed by atoms with Gasteiger partial charge in [-0.15, -0.1) is 0 Å². The number of aromatic nitrogens is 2. The number of nitrogens with one attached hydrogen (secondary N) is 2. The number of aromatic amines is 1. The number of methoxy groups -OCH3 is 2. The molecule has 1 aliphatic heterocycles. The molecule has 4 atom stereocenters. The van der Waals surface area contributed by atoms with E-state index in [1.54, 1.807) is 6.92 Å². The number of H-pyrrole nitrogens is 1. The van der Waals surface area contributed by atoms with E-state index in [0.29, 0.717) is 5.56 Å². The largest absolute Gasteiger partial charge is 0.376 e. The Labute approximate surface area is 138 Å². The molecule has 0 radical (unpaired) electrons. The fraction of sp³-hybridized carbons (Fsp3) is 0.692. The average Bonchev–Trinajstić information content (AvgIpc) is 2.87. The van der Waals surface area contributed by atoms with Crippen molar-refractivity contribution in [3.8, 4) is 0 Å². The molecule has 24 heavy (non-hydrogen) atoms. The van der Waals surface area contributed by atoms with Crippen molar-refractivity contribution in [2.24, 2.45) is 0 Å². The Balaban J connectivity index is 2.42. The summed E-state index contributed by atoms with van der Waals surface area (Å²) in [5.74, 6) is -0.352. The van der Waals surface area contributed by atoms with Crippen LogP contribution in [0.4, 0.5) is 0 Å². The van der Waals surface area contributed by atoms with E-state index in [-0.39, 0.29) is 5.75 Å². The van der Waals surface area contributed by atoms with Gasteiger partial charge in [0.25, 0.3) is 5.56 Å². The zero-order chi connectivity index (χ0) is 18.1. The molecule has 0 unspecified atom stereocenters. The van der Waals surface area contributed by atoms with Crippen molar-refractivity contribution < 1.29 is 22.6 Å². The summed E-state index contributed by atoms with van der Waals surface area (Å²) in [6.45, 7) is 1.54. The van der Waals surface area contributed by atoms with Crippen LogP contribution in [0.1, 0.15) is 11.8 Å². The quantitative estimate of drug-likeness (QED) is 0.618. The first-order chi connectivity index (χ1) is 11.2. The van der Waals surface area contributed by atoms with Gasteiger partial charge in [0.1, 0.15) is 18.3 Å². The minimum Gasteiger partial charge on any atom is -0.376 e. The van der Waals surface area contributed by atoms with Gasteiger partial charge >= 0.3 is 5.69 Å². The predicted molar refractivity (Wildman–Crippen MR) is 84.4 cm³/mol. The maximum Gasteiger partial charge on any atom is 0.330 e. The van der Waals surface area contributed by atoms with Crippen molar-refractivity contribution in [3.63, 3.8) is 0 Å². The second kappa shape index (κ2) is 7.15. The lowest BCUT2D eigenvalue weighted by molar-refractivity contribution is -0.0545. The van der Waals surface area contributed by atoms with Crippen LogP contribution in [0.2, 0.25) is 0 Å². The molecule has 136 valence electrons. The van der Waals surface area contributed by atoms with E-state index in [9.17, 15) is 18.0 Å². The van der Waals surface area contributed by atoms with Gasteiger partial charge in [-0.1, -0.05) is 0 Å². The number of ether oxygens (including phenoxy) is 3. The molecule has 1 fully saturated rings. The molecule has 10 nitrogen and oxygen atoms in total. The van der Waals surface area contributed by atoms with Gasteiger partial charge in [-0.05, 0) is 14.0 Å². The Morgan fingerprint density at radius 2 is 1.92 bits per heavy atom. The van der Waals surface area contributed by atoms with E-state index in [4.69, 9.17) is 14.2 Å². The van der Waals surface area contributed by atoms with E-state index < -0.39 is 45.8 Å². The van der Waals surface area contributed by atoms with Crippen LogP contribution in [0.5, 0.6) is 0 Å². The molecule has 1 aromatic heterocycles. The second-order valence-electron chi connectivity index (χ2n) is 5.43. The number of aryl methyl sites for hydroxylation is 1. The smallest absolute Gasteiger partial charge is 0.330 e. The molecular weight excluding hydrogens is 342 g/mol. The van der Waals surface area contributed by atoms with Crippen LogP contribution in [0.3, 0.4) is 0 Å². The SMILES string of the molecule is CNS(=O)(=O)C[C@H]1O[C@@H](n2cc(C)c(=O)[nH]c2=O)[C@H](OC)[C@@H]1OC. The summed E-state index contributed by atoms with van der Waals surface area (Å²) in [5.41, 5.74) is -0.862. The van der Waals surface area contributed by atoms with Gasteiger partial charge in [-0.25, -0.2) is 17.9 Å². The molecule has 2 rings (SSSR count). The topological polar surface area (TPSA) is 129 Å². The zero-order valence-electron chi connectivity index (χ0n) is 13.8. The number of hydrogen-bond acceptors (Lipinski definition) is 7. The molecular formula is C13H21N3O7S. The highest BCUT2D eigenvalue weighted by Crippen LogP contribution is 2.32. The molecule has 1 aliphatic rings.